The smallest absolute Gasteiger partial charge is 0.246 e. The summed E-state index contributed by atoms with van der Waals surface area (Å²) in [7, 11) is 0. The topological polar surface area (TPSA) is 154 Å². The largest absolute Gasteiger partial charge is 0.345 e. The number of benzene rings is 3. The average molecular weight is 601 g/mol. The van der Waals surface area contributed by atoms with Gasteiger partial charge in [-0.2, -0.15) is 15.0 Å². The lowest BCUT2D eigenvalue weighted by atomic mass is 10.1. The molecule has 0 radical (unpaired) electrons. The average Bonchev–Trinajstić information content (AvgIpc) is 3.01. The lowest BCUT2D eigenvalue weighted by molar-refractivity contribution is 0.564. The number of carbonyl (C=O) groups excluding carboxylic acids is 3. The molecule has 4 rings (SSSR count). The van der Waals surface area contributed by atoms with Crippen molar-refractivity contribution in [3.63, 3.8) is 0 Å². The minimum absolute atomic E-state index is 0.0156. The lowest BCUT2D eigenvalue weighted by Gasteiger charge is -2.16. The number of aromatic nitrogens is 3. The first-order chi connectivity index (χ1) is 21.8. The van der Waals surface area contributed by atoms with E-state index in [9.17, 15) is 28.8 Å². The molecule has 0 spiro atoms. The molecule has 0 unspecified atom stereocenters. The van der Waals surface area contributed by atoms with Gasteiger partial charge in [0.1, 0.15) is 0 Å². The summed E-state index contributed by atoms with van der Waals surface area (Å²) in [5, 5.41) is 0. The van der Waals surface area contributed by atoms with Gasteiger partial charge >= 0.3 is 17.1 Å². The van der Waals surface area contributed by atoms with Crippen LogP contribution in [0.4, 0.5) is 17.1 Å². The standard InChI is InChI=1S/C33H24N6O6/c1-4-7-22-10-13-25(16-28(22)34-19-40)37-31(43)38(26-14-11-23(8-5-2)29(17-26)35-20-41)33(45)39(32(37)44)27-15-12-24(9-6-3)30(18-27)36-21-42/h4-6,10-18H,1-3,7-9H2. The normalized spacial score (nSPS) is 10.1. The van der Waals surface area contributed by atoms with E-state index >= 15 is 0 Å². The van der Waals surface area contributed by atoms with Crippen LogP contribution in [-0.4, -0.2) is 31.9 Å². The van der Waals surface area contributed by atoms with Crippen LogP contribution in [0.25, 0.3) is 17.1 Å². The predicted octanol–water partition coefficient (Wildman–Crippen LogP) is 4.23. The molecule has 1 aromatic heterocycles. The van der Waals surface area contributed by atoms with Crippen LogP contribution in [0.3, 0.4) is 0 Å². The molecule has 4 aromatic rings. The van der Waals surface area contributed by atoms with Crippen LogP contribution in [0.5, 0.6) is 0 Å². The van der Waals surface area contributed by atoms with Gasteiger partial charge in [-0.3, -0.25) is 0 Å². The first-order valence-electron chi connectivity index (χ1n) is 13.3. The fraction of sp³-hybridized carbons (Fsp3) is 0.0909. The molecule has 0 aliphatic rings. The van der Waals surface area contributed by atoms with E-state index in [1.165, 1.54) is 54.6 Å². The van der Waals surface area contributed by atoms with Crippen LogP contribution < -0.4 is 17.1 Å². The summed E-state index contributed by atoms with van der Waals surface area (Å²) in [5.74, 6) is 0. The summed E-state index contributed by atoms with van der Waals surface area (Å²) in [6, 6.07) is 13.0. The Bertz CT molecular complexity index is 1910. The van der Waals surface area contributed by atoms with Crippen molar-refractivity contribution in [3.8, 4) is 17.1 Å². The van der Waals surface area contributed by atoms with E-state index in [0.29, 0.717) is 36.0 Å². The molecular formula is C33H24N6O6. The third-order valence-corrected chi connectivity index (χ3v) is 6.72. The van der Waals surface area contributed by atoms with Crippen molar-refractivity contribution >= 4 is 35.3 Å². The van der Waals surface area contributed by atoms with E-state index in [1.807, 2.05) is 0 Å². The third-order valence-electron chi connectivity index (χ3n) is 6.72. The summed E-state index contributed by atoms with van der Waals surface area (Å²) in [4.78, 5) is 86.8. The van der Waals surface area contributed by atoms with E-state index in [1.54, 1.807) is 36.4 Å². The maximum atomic E-state index is 14.0. The molecule has 0 aliphatic carbocycles. The third kappa shape index (κ3) is 6.29. The summed E-state index contributed by atoms with van der Waals surface area (Å²) in [6.45, 7) is 11.0. The van der Waals surface area contributed by atoms with Gasteiger partial charge in [-0.05, 0) is 72.4 Å². The second kappa shape index (κ2) is 14.1. The molecule has 1 heterocycles. The monoisotopic (exact) mass is 600 g/mol. The Morgan fingerprint density at radius 2 is 0.778 bits per heavy atom. The highest BCUT2D eigenvalue weighted by Crippen LogP contribution is 2.26. The first kappa shape index (κ1) is 31.4. The van der Waals surface area contributed by atoms with Crippen molar-refractivity contribution in [2.24, 2.45) is 15.0 Å². The van der Waals surface area contributed by atoms with Crippen LogP contribution in [0.1, 0.15) is 16.7 Å². The van der Waals surface area contributed by atoms with Crippen LogP contribution in [-0.2, 0) is 33.6 Å². The summed E-state index contributed by atoms with van der Waals surface area (Å²) < 4.78 is 2.18. The fourth-order valence-electron chi connectivity index (χ4n) is 4.73. The molecule has 3 aromatic carbocycles. The number of rotatable bonds is 12. The van der Waals surface area contributed by atoms with Gasteiger partial charge < -0.3 is 0 Å². The molecular weight excluding hydrogens is 576 g/mol. The van der Waals surface area contributed by atoms with Gasteiger partial charge in [-0.1, -0.05) is 36.4 Å². The van der Waals surface area contributed by atoms with Crippen molar-refractivity contribution in [1.82, 2.24) is 13.7 Å². The Morgan fingerprint density at radius 3 is 1.00 bits per heavy atom. The van der Waals surface area contributed by atoms with Crippen molar-refractivity contribution in [1.29, 1.82) is 0 Å². The van der Waals surface area contributed by atoms with Gasteiger partial charge in [0, 0.05) is 0 Å². The quantitative estimate of drug-likeness (QED) is 0.135. The molecule has 0 fully saturated rings. The molecule has 45 heavy (non-hydrogen) atoms. The summed E-state index contributed by atoms with van der Waals surface area (Å²) in [6.07, 6.45) is 10.1. The van der Waals surface area contributed by atoms with E-state index in [0.717, 1.165) is 13.7 Å². The number of hydrogen-bond donors (Lipinski definition) is 0. The minimum atomic E-state index is -1.06. The van der Waals surface area contributed by atoms with Gasteiger partial charge in [0.2, 0.25) is 18.2 Å². The van der Waals surface area contributed by atoms with Crippen LogP contribution >= 0.6 is 0 Å². The zero-order chi connectivity index (χ0) is 32.5. The molecule has 12 nitrogen and oxygen atoms in total. The van der Waals surface area contributed by atoms with Crippen molar-refractivity contribution in [2.45, 2.75) is 19.3 Å². The highest BCUT2D eigenvalue weighted by atomic mass is 16.2. The zero-order valence-electron chi connectivity index (χ0n) is 23.8. The summed E-state index contributed by atoms with van der Waals surface area (Å²) in [5.41, 5.74) is -1.13. The van der Waals surface area contributed by atoms with Gasteiger partial charge in [0.15, 0.2) is 0 Å². The Labute approximate surface area is 255 Å². The second-order valence-corrected chi connectivity index (χ2v) is 9.38. The van der Waals surface area contributed by atoms with Crippen LogP contribution in [0.2, 0.25) is 0 Å². The first-order valence-corrected chi connectivity index (χ1v) is 13.3. The number of allylic oxidation sites excluding steroid dienone is 3. The maximum absolute atomic E-state index is 14.0. The SMILES string of the molecule is C=CCc1ccc(-n2c(=O)n(-c3ccc(CC=C)c(N=C=O)c3)c(=O)n(-c3ccc(CC=C)c(N=C=O)c3)c2=O)cc1N=C=O. The number of isocyanates is 3. The minimum Gasteiger partial charge on any atom is -0.246 e. The van der Waals surface area contributed by atoms with E-state index in [2.05, 4.69) is 34.7 Å². The molecule has 12 heteroatoms. The van der Waals surface area contributed by atoms with Crippen LogP contribution in [0.15, 0.2) is 122 Å². The molecule has 0 N–H and O–H groups in total. The Kier molecular flexibility index (Phi) is 9.80. The van der Waals surface area contributed by atoms with Gasteiger partial charge in [0.05, 0.1) is 34.1 Å². The molecule has 0 amide bonds. The maximum Gasteiger partial charge on any atom is 0.345 e. The highest BCUT2D eigenvalue weighted by molar-refractivity contribution is 5.61. The van der Waals surface area contributed by atoms with E-state index in [4.69, 9.17) is 0 Å². The molecule has 0 atom stereocenters. The number of nitrogens with zero attached hydrogens (tertiary/aromatic N) is 6. The Hall–Kier alpha value is -6.57. The van der Waals surface area contributed by atoms with Gasteiger partial charge in [-0.25, -0.2) is 42.5 Å². The zero-order valence-corrected chi connectivity index (χ0v) is 23.8. The lowest BCUT2D eigenvalue weighted by Crippen LogP contribution is -2.52. The number of aliphatic imine (C=N–C) groups is 3. The fourth-order valence-corrected chi connectivity index (χ4v) is 4.73. The second-order valence-electron chi connectivity index (χ2n) is 9.38. The van der Waals surface area contributed by atoms with Crippen molar-refractivity contribution < 1.29 is 14.4 Å². The Balaban J connectivity index is 2.17. The van der Waals surface area contributed by atoms with Gasteiger partial charge in [-0.15, -0.1) is 19.7 Å². The van der Waals surface area contributed by atoms with E-state index < -0.39 is 17.1 Å². The molecule has 0 bridgehead atoms. The predicted molar refractivity (Wildman–Crippen MR) is 168 cm³/mol. The molecule has 0 aliphatic heterocycles. The van der Waals surface area contributed by atoms with E-state index in [-0.39, 0.29) is 34.1 Å². The summed E-state index contributed by atoms with van der Waals surface area (Å²) >= 11 is 0. The highest BCUT2D eigenvalue weighted by Gasteiger charge is 2.21. The van der Waals surface area contributed by atoms with Crippen molar-refractivity contribution in [3.05, 3.63) is 141 Å². The number of hydrogen-bond acceptors (Lipinski definition) is 9. The molecule has 0 saturated carbocycles. The van der Waals surface area contributed by atoms with Crippen molar-refractivity contribution in [2.75, 3.05) is 0 Å². The molecule has 0 saturated heterocycles. The van der Waals surface area contributed by atoms with Crippen LogP contribution in [0, 0.1) is 0 Å². The Morgan fingerprint density at radius 1 is 0.511 bits per heavy atom. The van der Waals surface area contributed by atoms with Gasteiger partial charge in [0.25, 0.3) is 0 Å². The molecule has 222 valence electrons.